The minimum Gasteiger partial charge on any atom is -0.481 e. The fraction of sp³-hybridized carbons (Fsp3) is 0.533. The number of aliphatic carboxylic acids is 1. The molecule has 0 amide bonds. The van der Waals surface area contributed by atoms with Crippen LogP contribution in [0.1, 0.15) is 37.7 Å². The highest BCUT2D eigenvalue weighted by molar-refractivity contribution is 5.85. The van der Waals surface area contributed by atoms with Crippen molar-refractivity contribution >= 4 is 11.7 Å². The van der Waals surface area contributed by atoms with E-state index < -0.39 is 11.4 Å². The summed E-state index contributed by atoms with van der Waals surface area (Å²) < 4.78 is 13.6. The number of hydrogen-bond acceptors (Lipinski definition) is 2. The molecule has 1 aromatic rings. The highest BCUT2D eigenvalue weighted by Crippen LogP contribution is 2.48. The van der Waals surface area contributed by atoms with Crippen LogP contribution in [0.25, 0.3) is 0 Å². The van der Waals surface area contributed by atoms with Crippen molar-refractivity contribution in [2.75, 3.05) is 18.0 Å². The lowest BCUT2D eigenvalue weighted by molar-refractivity contribution is -0.147. The molecule has 2 aliphatic rings. The van der Waals surface area contributed by atoms with Crippen LogP contribution in [-0.2, 0) is 10.2 Å². The number of benzene rings is 1. The molecule has 1 saturated carbocycles. The van der Waals surface area contributed by atoms with E-state index in [1.54, 1.807) is 6.07 Å². The van der Waals surface area contributed by atoms with Crippen LogP contribution in [0.3, 0.4) is 0 Å². The van der Waals surface area contributed by atoms with E-state index in [0.29, 0.717) is 18.4 Å². The molecule has 4 heteroatoms. The van der Waals surface area contributed by atoms with Crippen LogP contribution in [0.4, 0.5) is 10.1 Å². The minimum atomic E-state index is -0.861. The predicted molar refractivity (Wildman–Crippen MR) is 71.0 cm³/mol. The fourth-order valence-electron chi connectivity index (χ4n) is 3.25. The van der Waals surface area contributed by atoms with Gasteiger partial charge in [0, 0.05) is 18.8 Å². The molecule has 0 radical (unpaired) electrons. The van der Waals surface area contributed by atoms with Crippen LogP contribution < -0.4 is 4.90 Å². The van der Waals surface area contributed by atoms with Crippen LogP contribution in [0.2, 0.25) is 0 Å². The van der Waals surface area contributed by atoms with Crippen LogP contribution in [-0.4, -0.2) is 24.2 Å². The van der Waals surface area contributed by atoms with Gasteiger partial charge in [-0.1, -0.05) is 6.42 Å². The Balaban J connectivity index is 2.07. The van der Waals surface area contributed by atoms with E-state index >= 15 is 0 Å². The Morgan fingerprint density at radius 2 is 1.89 bits per heavy atom. The first kappa shape index (κ1) is 12.5. The van der Waals surface area contributed by atoms with Gasteiger partial charge in [-0.15, -0.1) is 0 Å². The second-order valence-electron chi connectivity index (χ2n) is 5.60. The van der Waals surface area contributed by atoms with Gasteiger partial charge in [0.2, 0.25) is 0 Å². The zero-order valence-electron chi connectivity index (χ0n) is 10.9. The molecule has 19 heavy (non-hydrogen) atoms. The molecular weight excluding hydrogens is 245 g/mol. The lowest BCUT2D eigenvalue weighted by atomic mass is 9.64. The fourth-order valence-corrected chi connectivity index (χ4v) is 3.25. The topological polar surface area (TPSA) is 40.5 Å². The van der Waals surface area contributed by atoms with E-state index in [1.807, 2.05) is 0 Å². The first-order valence-electron chi connectivity index (χ1n) is 6.92. The van der Waals surface area contributed by atoms with E-state index in [9.17, 15) is 14.3 Å². The summed E-state index contributed by atoms with van der Waals surface area (Å²) in [6.07, 6.45) is 4.38. The summed E-state index contributed by atoms with van der Waals surface area (Å²) >= 11 is 0. The largest absolute Gasteiger partial charge is 0.481 e. The average Bonchev–Trinajstić information content (AvgIpc) is 2.80. The Bertz CT molecular complexity index is 505. The van der Waals surface area contributed by atoms with Gasteiger partial charge in [-0.25, -0.2) is 4.39 Å². The second-order valence-corrected chi connectivity index (χ2v) is 5.60. The molecule has 1 aromatic carbocycles. The Morgan fingerprint density at radius 3 is 2.42 bits per heavy atom. The maximum Gasteiger partial charge on any atom is 0.314 e. The number of carboxylic acids is 1. The average molecular weight is 263 g/mol. The molecule has 0 unspecified atom stereocenters. The van der Waals surface area contributed by atoms with Crippen molar-refractivity contribution in [1.29, 1.82) is 0 Å². The quantitative estimate of drug-likeness (QED) is 0.911. The number of nitrogens with zero attached hydrogens (tertiary/aromatic N) is 1. The monoisotopic (exact) mass is 263 g/mol. The normalized spacial score (nSPS) is 21.2. The van der Waals surface area contributed by atoms with Gasteiger partial charge in [0.05, 0.1) is 5.41 Å². The molecule has 1 heterocycles. The standard InChI is InChI=1S/C15H18FNO2/c16-11-4-5-13(17-8-1-2-9-17)12(10-11)15(14(18)19)6-3-7-15/h4-5,10H,1-3,6-9H2,(H,18,19). The summed E-state index contributed by atoms with van der Waals surface area (Å²) in [4.78, 5) is 13.8. The first-order valence-corrected chi connectivity index (χ1v) is 6.92. The summed E-state index contributed by atoms with van der Waals surface area (Å²) in [6.45, 7) is 1.88. The molecule has 1 aliphatic carbocycles. The summed E-state index contributed by atoms with van der Waals surface area (Å²) in [5.41, 5.74) is 0.731. The first-order chi connectivity index (χ1) is 9.13. The number of anilines is 1. The van der Waals surface area contributed by atoms with Crippen molar-refractivity contribution < 1.29 is 14.3 Å². The summed E-state index contributed by atoms with van der Waals surface area (Å²) in [5.74, 6) is -1.16. The Morgan fingerprint density at radius 1 is 1.21 bits per heavy atom. The number of halogens is 1. The van der Waals surface area contributed by atoms with Gasteiger partial charge in [-0.3, -0.25) is 4.79 Å². The maximum absolute atomic E-state index is 13.6. The Labute approximate surface area is 112 Å². The molecule has 0 bridgehead atoms. The third-order valence-electron chi connectivity index (χ3n) is 4.54. The number of rotatable bonds is 3. The van der Waals surface area contributed by atoms with E-state index in [2.05, 4.69) is 4.90 Å². The molecule has 102 valence electrons. The predicted octanol–water partition coefficient (Wildman–Crippen LogP) is 2.93. The highest BCUT2D eigenvalue weighted by atomic mass is 19.1. The van der Waals surface area contributed by atoms with Gasteiger partial charge >= 0.3 is 5.97 Å². The molecule has 3 nitrogen and oxygen atoms in total. The maximum atomic E-state index is 13.6. The summed E-state index contributed by atoms with van der Waals surface area (Å²) in [5, 5.41) is 9.55. The van der Waals surface area contributed by atoms with Crippen LogP contribution in [0, 0.1) is 5.82 Å². The molecule has 3 rings (SSSR count). The van der Waals surface area contributed by atoms with Crippen LogP contribution in [0.15, 0.2) is 18.2 Å². The third kappa shape index (κ3) is 1.90. The summed E-state index contributed by atoms with van der Waals surface area (Å²) in [6, 6.07) is 4.62. The Hall–Kier alpha value is -1.58. The molecule has 1 N–H and O–H groups in total. The third-order valence-corrected chi connectivity index (χ3v) is 4.54. The van der Waals surface area contributed by atoms with Crippen molar-refractivity contribution in [1.82, 2.24) is 0 Å². The van der Waals surface area contributed by atoms with Gasteiger partial charge in [-0.05, 0) is 49.4 Å². The highest BCUT2D eigenvalue weighted by Gasteiger charge is 2.48. The van der Waals surface area contributed by atoms with Crippen LogP contribution >= 0.6 is 0 Å². The van der Waals surface area contributed by atoms with Crippen molar-refractivity contribution in [3.8, 4) is 0 Å². The van der Waals surface area contributed by atoms with Gasteiger partial charge in [0.25, 0.3) is 0 Å². The van der Waals surface area contributed by atoms with Crippen molar-refractivity contribution in [3.05, 3.63) is 29.6 Å². The van der Waals surface area contributed by atoms with E-state index in [-0.39, 0.29) is 5.82 Å². The summed E-state index contributed by atoms with van der Waals surface area (Å²) in [7, 11) is 0. The number of carboxylic acid groups (broad SMARTS) is 1. The van der Waals surface area contributed by atoms with Gasteiger partial charge in [0.15, 0.2) is 0 Å². The second kappa shape index (κ2) is 4.51. The molecule has 0 spiro atoms. The molecule has 0 atom stereocenters. The van der Waals surface area contributed by atoms with Crippen molar-refractivity contribution in [3.63, 3.8) is 0 Å². The van der Waals surface area contributed by atoms with Crippen LogP contribution in [0.5, 0.6) is 0 Å². The van der Waals surface area contributed by atoms with E-state index in [1.165, 1.54) is 12.1 Å². The van der Waals surface area contributed by atoms with Crippen molar-refractivity contribution in [2.24, 2.45) is 0 Å². The Kier molecular flexibility index (Phi) is 2.96. The molecule has 0 aromatic heterocycles. The lowest BCUT2D eigenvalue weighted by Crippen LogP contribution is -2.43. The van der Waals surface area contributed by atoms with Crippen molar-refractivity contribution in [2.45, 2.75) is 37.5 Å². The number of hydrogen-bond donors (Lipinski definition) is 1. The zero-order valence-corrected chi connectivity index (χ0v) is 10.9. The molecule has 1 saturated heterocycles. The smallest absolute Gasteiger partial charge is 0.314 e. The molecule has 1 aliphatic heterocycles. The van der Waals surface area contributed by atoms with Gasteiger partial charge in [-0.2, -0.15) is 0 Å². The van der Waals surface area contributed by atoms with E-state index in [0.717, 1.165) is 38.0 Å². The minimum absolute atomic E-state index is 0.342. The lowest BCUT2D eigenvalue weighted by Gasteiger charge is -2.40. The zero-order chi connectivity index (χ0) is 13.5. The van der Waals surface area contributed by atoms with Gasteiger partial charge in [0.1, 0.15) is 5.82 Å². The van der Waals surface area contributed by atoms with Gasteiger partial charge < -0.3 is 10.0 Å². The SMILES string of the molecule is O=C(O)C1(c2cc(F)ccc2N2CCCC2)CCC1. The van der Waals surface area contributed by atoms with E-state index in [4.69, 9.17) is 0 Å². The molecule has 2 fully saturated rings. The number of carbonyl (C=O) groups is 1. The molecular formula is C15H18FNO2.